The summed E-state index contributed by atoms with van der Waals surface area (Å²) in [5, 5.41) is 4.48. The van der Waals surface area contributed by atoms with Crippen LogP contribution in [0, 0.1) is 11.7 Å². The van der Waals surface area contributed by atoms with Gasteiger partial charge in [-0.25, -0.2) is 22.4 Å². The molecule has 2 aliphatic heterocycles. The minimum Gasteiger partial charge on any atom is -0.444 e. The fourth-order valence-electron chi connectivity index (χ4n) is 6.20. The second kappa shape index (κ2) is 13.6. The number of carbonyl (C=O) groups excluding carboxylic acids is 5. The van der Waals surface area contributed by atoms with Gasteiger partial charge in [-0.05, 0) is 64.6 Å². The van der Waals surface area contributed by atoms with E-state index < -0.39 is 86.2 Å². The quantitative estimate of drug-likeness (QED) is 0.242. The van der Waals surface area contributed by atoms with Gasteiger partial charge < -0.3 is 30.7 Å². The third-order valence-electron chi connectivity index (χ3n) is 8.99. The van der Waals surface area contributed by atoms with Crippen LogP contribution in [0.5, 0.6) is 0 Å². The van der Waals surface area contributed by atoms with Crippen molar-refractivity contribution < 1.29 is 46.3 Å². The number of likely N-dealkylation sites (tertiary alicyclic amines) is 1. The summed E-state index contributed by atoms with van der Waals surface area (Å²) in [6, 6.07) is 2.03. The van der Waals surface area contributed by atoms with Gasteiger partial charge in [0.1, 0.15) is 35.1 Å². The van der Waals surface area contributed by atoms with Crippen LogP contribution < -0.4 is 21.1 Å². The second-order valence-electron chi connectivity index (χ2n) is 13.9. The van der Waals surface area contributed by atoms with Gasteiger partial charge in [0.2, 0.25) is 21.8 Å². The molecule has 4 aliphatic rings. The molecule has 0 bridgehead atoms. The fraction of sp³-hybridized carbons (Fsp3) is 0.594. The molecular weight excluding hydrogens is 663 g/mol. The zero-order valence-corrected chi connectivity index (χ0v) is 28.5. The van der Waals surface area contributed by atoms with Crippen molar-refractivity contribution >= 4 is 39.9 Å². The van der Waals surface area contributed by atoms with Crippen LogP contribution in [0.1, 0.15) is 64.0 Å². The van der Waals surface area contributed by atoms with Crippen LogP contribution in [0.3, 0.4) is 0 Å². The zero-order chi connectivity index (χ0) is 35.9. The van der Waals surface area contributed by atoms with E-state index in [-0.39, 0.29) is 45.4 Å². The van der Waals surface area contributed by atoms with Crippen LogP contribution in [0.15, 0.2) is 30.9 Å². The van der Waals surface area contributed by atoms with Gasteiger partial charge in [0.05, 0.1) is 18.3 Å². The Kier molecular flexibility index (Phi) is 9.98. The standard InChI is InChI=1S/C32H43FN6O9S/c1-5-19-14-32(19,28(42)37-49(45,46)21-9-10-21)36-26(40)25-13-20(47-30(44)38-15-18-7-6-8-23(33)22(18)17-38)16-39(25)27(41)24(11-12-34)35-29(43)48-31(2,3)4/h5-8,19-21,24-25H,1,9-17,34H2,2-4H3,(H,35,43)(H,36,40)(H,37,42)/t19?,20?,24-,25-,32+/m0/s1. The van der Waals surface area contributed by atoms with Crippen LogP contribution in [-0.4, -0.2) is 95.8 Å². The number of amides is 5. The number of alkyl carbamates (subject to hydrolysis) is 1. The summed E-state index contributed by atoms with van der Waals surface area (Å²) in [5.41, 5.74) is 4.26. The maximum atomic E-state index is 14.3. The largest absolute Gasteiger partial charge is 0.444 e. The van der Waals surface area contributed by atoms with Crippen LogP contribution in [-0.2, 0) is 47.0 Å². The lowest BCUT2D eigenvalue weighted by Crippen LogP contribution is -2.58. The third-order valence-corrected chi connectivity index (χ3v) is 10.8. The molecule has 17 heteroatoms. The van der Waals surface area contributed by atoms with E-state index in [4.69, 9.17) is 15.2 Å². The first kappa shape index (κ1) is 36.0. The minimum atomic E-state index is -3.93. The summed E-state index contributed by atoms with van der Waals surface area (Å²) in [6.45, 7) is 8.45. The SMILES string of the molecule is C=CC1C[C@]1(NC(=O)[C@@H]1CC(OC(=O)N2Cc3cccc(F)c3C2)CN1C(=O)[C@H](CCN)NC(=O)OC(C)(C)C)C(=O)NS(=O)(=O)C1CC1. The minimum absolute atomic E-state index is 0.0127. The molecule has 0 radical (unpaired) electrons. The Morgan fingerprint density at radius 2 is 1.90 bits per heavy atom. The maximum absolute atomic E-state index is 14.3. The van der Waals surface area contributed by atoms with Gasteiger partial charge in [0.25, 0.3) is 5.91 Å². The topological polar surface area (TPSA) is 207 Å². The number of hydrogen-bond acceptors (Lipinski definition) is 10. The van der Waals surface area contributed by atoms with Crippen molar-refractivity contribution in [2.75, 3.05) is 13.1 Å². The summed E-state index contributed by atoms with van der Waals surface area (Å²) < 4.78 is 52.6. The number of halogens is 1. The van der Waals surface area contributed by atoms with Crippen molar-refractivity contribution in [1.82, 2.24) is 25.2 Å². The molecule has 5 rings (SSSR count). The molecule has 5 atom stereocenters. The highest BCUT2D eigenvalue weighted by Gasteiger charge is 2.62. The number of nitrogens with two attached hydrogens (primary N) is 1. The Hall–Kier alpha value is -4.25. The Labute approximate surface area is 284 Å². The second-order valence-corrected chi connectivity index (χ2v) is 15.9. The van der Waals surface area contributed by atoms with Crippen molar-refractivity contribution in [3.8, 4) is 0 Å². The first-order valence-electron chi connectivity index (χ1n) is 16.2. The molecule has 0 spiro atoms. The van der Waals surface area contributed by atoms with E-state index in [0.29, 0.717) is 24.0 Å². The Morgan fingerprint density at radius 3 is 2.49 bits per heavy atom. The Bertz CT molecular complexity index is 1650. The molecule has 1 saturated heterocycles. The summed E-state index contributed by atoms with van der Waals surface area (Å²) >= 11 is 0. The number of sulfonamides is 1. The van der Waals surface area contributed by atoms with Crippen LogP contribution in [0.4, 0.5) is 14.0 Å². The van der Waals surface area contributed by atoms with E-state index in [1.54, 1.807) is 32.9 Å². The molecule has 1 aromatic rings. The molecule has 15 nitrogen and oxygen atoms in total. The average molecular weight is 707 g/mol. The lowest BCUT2D eigenvalue weighted by molar-refractivity contribution is -0.141. The van der Waals surface area contributed by atoms with Crippen molar-refractivity contribution in [3.63, 3.8) is 0 Å². The summed E-state index contributed by atoms with van der Waals surface area (Å²) in [4.78, 5) is 69.5. The number of carbonyl (C=O) groups is 5. The first-order valence-corrected chi connectivity index (χ1v) is 17.7. The van der Waals surface area contributed by atoms with Crippen molar-refractivity contribution in [3.05, 3.63) is 47.8 Å². The number of benzene rings is 1. The van der Waals surface area contributed by atoms with Crippen LogP contribution >= 0.6 is 0 Å². The van der Waals surface area contributed by atoms with Crippen molar-refractivity contribution in [2.24, 2.45) is 11.7 Å². The fourth-order valence-corrected chi connectivity index (χ4v) is 7.56. The Balaban J connectivity index is 1.35. The summed E-state index contributed by atoms with van der Waals surface area (Å²) in [5.74, 6) is -3.46. The highest BCUT2D eigenvalue weighted by atomic mass is 32.2. The van der Waals surface area contributed by atoms with E-state index >= 15 is 0 Å². The van der Waals surface area contributed by atoms with E-state index in [0.717, 1.165) is 4.90 Å². The summed E-state index contributed by atoms with van der Waals surface area (Å²) in [7, 11) is -3.93. The van der Waals surface area contributed by atoms with Gasteiger partial charge in [-0.15, -0.1) is 6.58 Å². The smallest absolute Gasteiger partial charge is 0.410 e. The summed E-state index contributed by atoms with van der Waals surface area (Å²) in [6.07, 6.45) is -0.517. The highest BCUT2D eigenvalue weighted by Crippen LogP contribution is 2.45. The molecule has 1 aromatic carbocycles. The van der Waals surface area contributed by atoms with E-state index in [9.17, 15) is 36.8 Å². The van der Waals surface area contributed by atoms with Gasteiger partial charge in [-0.2, -0.15) is 0 Å². The predicted molar refractivity (Wildman–Crippen MR) is 172 cm³/mol. The van der Waals surface area contributed by atoms with E-state index in [1.165, 1.54) is 17.0 Å². The molecule has 2 unspecified atom stereocenters. The van der Waals surface area contributed by atoms with Gasteiger partial charge in [-0.3, -0.25) is 24.0 Å². The molecule has 2 saturated carbocycles. The molecule has 268 valence electrons. The molecule has 2 aliphatic carbocycles. The van der Waals surface area contributed by atoms with Gasteiger partial charge in [0.15, 0.2) is 0 Å². The molecule has 5 N–H and O–H groups in total. The lowest BCUT2D eigenvalue weighted by Gasteiger charge is -2.30. The number of nitrogens with one attached hydrogen (secondary N) is 3. The van der Waals surface area contributed by atoms with Crippen LogP contribution in [0.25, 0.3) is 0 Å². The maximum Gasteiger partial charge on any atom is 0.410 e. The molecule has 0 aromatic heterocycles. The third kappa shape index (κ3) is 7.98. The molecule has 49 heavy (non-hydrogen) atoms. The Morgan fingerprint density at radius 1 is 1.18 bits per heavy atom. The van der Waals surface area contributed by atoms with Gasteiger partial charge in [-0.1, -0.05) is 18.2 Å². The van der Waals surface area contributed by atoms with Crippen molar-refractivity contribution in [2.45, 2.75) is 101 Å². The average Bonchev–Trinajstić information content (AvgIpc) is 3.90. The molecular formula is C32H43FN6O9S. The van der Waals surface area contributed by atoms with E-state index in [2.05, 4.69) is 21.9 Å². The highest BCUT2D eigenvalue weighted by molar-refractivity contribution is 7.91. The molecule has 2 heterocycles. The number of ether oxygens (including phenoxy) is 2. The zero-order valence-electron chi connectivity index (χ0n) is 27.7. The monoisotopic (exact) mass is 706 g/mol. The van der Waals surface area contributed by atoms with Crippen molar-refractivity contribution in [1.29, 1.82) is 0 Å². The number of fused-ring (bicyclic) bond motifs is 1. The van der Waals surface area contributed by atoms with Crippen LogP contribution in [0.2, 0.25) is 0 Å². The molecule has 3 fully saturated rings. The molecule has 5 amide bonds. The van der Waals surface area contributed by atoms with Gasteiger partial charge >= 0.3 is 12.2 Å². The predicted octanol–water partition coefficient (Wildman–Crippen LogP) is 1.16. The first-order chi connectivity index (χ1) is 23.0. The van der Waals surface area contributed by atoms with Gasteiger partial charge in [0, 0.05) is 24.4 Å². The normalized spacial score (nSPS) is 25.1. The number of nitrogens with zero attached hydrogens (tertiary/aromatic N) is 2. The number of hydrogen-bond donors (Lipinski definition) is 4. The number of rotatable bonds is 11. The lowest BCUT2D eigenvalue weighted by atomic mass is 10.1. The van der Waals surface area contributed by atoms with E-state index in [1.807, 2.05) is 0 Å².